The van der Waals surface area contributed by atoms with Gasteiger partial charge >= 0.3 is 5.97 Å². The molecule has 0 aromatic carbocycles. The Bertz CT molecular complexity index is 548. The van der Waals surface area contributed by atoms with Crippen molar-refractivity contribution in [1.82, 2.24) is 0 Å². The van der Waals surface area contributed by atoms with Gasteiger partial charge in [0.15, 0.2) is 0 Å². The number of carbonyl (C=O) groups excluding carboxylic acids is 1. The Balaban J connectivity index is 2.76. The van der Waals surface area contributed by atoms with Crippen molar-refractivity contribution in [3.05, 3.63) is 35.1 Å². The van der Waals surface area contributed by atoms with E-state index in [1.807, 2.05) is 40.7 Å². The summed E-state index contributed by atoms with van der Waals surface area (Å²) in [7, 11) is 0. The van der Waals surface area contributed by atoms with Crippen LogP contribution >= 0.6 is 15.9 Å². The van der Waals surface area contributed by atoms with E-state index in [-0.39, 0.29) is 12.1 Å². The van der Waals surface area contributed by atoms with Gasteiger partial charge in [0.2, 0.25) is 0 Å². The summed E-state index contributed by atoms with van der Waals surface area (Å²) in [5, 5.41) is 0.896. The minimum atomic E-state index is -0.591. The summed E-state index contributed by atoms with van der Waals surface area (Å²) in [6.45, 7) is 13.6. The molecule has 3 nitrogen and oxygen atoms in total. The lowest BCUT2D eigenvalue weighted by atomic mass is 9.97. The number of hydrogen-bond donors (Lipinski definition) is 0. The van der Waals surface area contributed by atoms with Crippen molar-refractivity contribution in [3.8, 4) is 0 Å². The molecule has 1 aliphatic rings. The van der Waals surface area contributed by atoms with Crippen LogP contribution in [0.2, 0.25) is 0 Å². The molecule has 1 unspecified atom stereocenters. The second kappa shape index (κ2) is 8.48. The molecule has 0 spiro atoms. The molecule has 0 amide bonds. The summed E-state index contributed by atoms with van der Waals surface area (Å²) < 4.78 is 11.7. The van der Waals surface area contributed by atoms with Crippen molar-refractivity contribution in [2.45, 2.75) is 73.0 Å². The van der Waals surface area contributed by atoms with Gasteiger partial charge in [-0.1, -0.05) is 33.7 Å². The molecule has 1 heterocycles. The molecule has 1 atom stereocenters. The lowest BCUT2D eigenvalue weighted by Gasteiger charge is -2.25. The molecule has 0 bridgehead atoms. The van der Waals surface area contributed by atoms with Crippen LogP contribution in [0.5, 0.6) is 0 Å². The first kappa shape index (κ1) is 21.2. The summed E-state index contributed by atoms with van der Waals surface area (Å²) in [5.74, 6) is 0.374. The van der Waals surface area contributed by atoms with Gasteiger partial charge in [-0.05, 0) is 73.0 Å². The largest absolute Gasteiger partial charge is 0.428 e. The van der Waals surface area contributed by atoms with Gasteiger partial charge < -0.3 is 9.47 Å². The molecular weight excluding hydrogens is 368 g/mol. The summed E-state index contributed by atoms with van der Waals surface area (Å²) in [6.07, 6.45) is 8.19. The second-order valence-corrected chi connectivity index (χ2v) is 8.56. The van der Waals surface area contributed by atoms with E-state index in [1.54, 1.807) is 0 Å². The Morgan fingerprint density at radius 2 is 1.96 bits per heavy atom. The monoisotopic (exact) mass is 398 g/mol. The predicted molar refractivity (Wildman–Crippen MR) is 103 cm³/mol. The quantitative estimate of drug-likeness (QED) is 0.326. The molecule has 0 aromatic rings. The maximum Gasteiger partial charge on any atom is 0.316 e. The summed E-state index contributed by atoms with van der Waals surface area (Å²) in [5.41, 5.74) is 1.40. The molecule has 0 fully saturated rings. The van der Waals surface area contributed by atoms with Crippen LogP contribution in [-0.4, -0.2) is 23.0 Å². The molecule has 0 saturated carbocycles. The first-order valence-corrected chi connectivity index (χ1v) is 9.60. The van der Waals surface area contributed by atoms with E-state index in [9.17, 15) is 4.79 Å². The van der Waals surface area contributed by atoms with Gasteiger partial charge in [0, 0.05) is 5.33 Å². The Kier molecular flexibility index (Phi) is 7.48. The topological polar surface area (TPSA) is 35.5 Å². The standard InChI is InChI=1S/C20H31BrO3/c1-14(11-12-21)9-8-10-15(2)16-13-17(20(6,7)24-16)23-18(22)19(3,4)5/h10-11,13,16H,8-9,12H2,1-7H3/b14-11+,15-10+. The highest BCUT2D eigenvalue weighted by Gasteiger charge is 2.39. The van der Waals surface area contributed by atoms with Crippen molar-refractivity contribution in [3.63, 3.8) is 0 Å². The molecule has 0 saturated heterocycles. The van der Waals surface area contributed by atoms with Crippen molar-refractivity contribution in [2.75, 3.05) is 5.33 Å². The Morgan fingerprint density at radius 1 is 1.33 bits per heavy atom. The van der Waals surface area contributed by atoms with Gasteiger partial charge in [0.25, 0.3) is 0 Å². The number of esters is 1. The van der Waals surface area contributed by atoms with Gasteiger partial charge in [0.05, 0.1) is 5.41 Å². The minimum absolute atomic E-state index is 0.136. The van der Waals surface area contributed by atoms with Crippen molar-refractivity contribution >= 4 is 21.9 Å². The molecule has 136 valence electrons. The van der Waals surface area contributed by atoms with Gasteiger partial charge in [-0.25, -0.2) is 0 Å². The van der Waals surface area contributed by atoms with E-state index in [4.69, 9.17) is 9.47 Å². The molecule has 24 heavy (non-hydrogen) atoms. The van der Waals surface area contributed by atoms with E-state index in [0.717, 1.165) is 23.7 Å². The normalized spacial score (nSPS) is 21.7. The van der Waals surface area contributed by atoms with Crippen LogP contribution < -0.4 is 0 Å². The SMILES string of the molecule is C/C(=C\CBr)CC/C=C(\C)C1C=C(OC(=O)C(C)(C)C)C(C)(C)O1. The number of carbonyl (C=O) groups is 1. The van der Waals surface area contributed by atoms with Crippen LogP contribution in [0.25, 0.3) is 0 Å². The maximum absolute atomic E-state index is 12.2. The third-order valence-corrected chi connectivity index (χ3v) is 4.34. The van der Waals surface area contributed by atoms with E-state index < -0.39 is 11.0 Å². The minimum Gasteiger partial charge on any atom is -0.428 e. The Hall–Kier alpha value is -0.870. The lowest BCUT2D eigenvalue weighted by Crippen LogP contribution is -2.30. The van der Waals surface area contributed by atoms with Crippen LogP contribution in [0.15, 0.2) is 35.1 Å². The molecule has 0 N–H and O–H groups in total. The molecule has 0 aromatic heterocycles. The van der Waals surface area contributed by atoms with Crippen LogP contribution in [0.1, 0.15) is 61.3 Å². The number of rotatable bonds is 6. The van der Waals surface area contributed by atoms with Crippen molar-refractivity contribution < 1.29 is 14.3 Å². The zero-order valence-electron chi connectivity index (χ0n) is 16.0. The molecule has 0 radical (unpaired) electrons. The average Bonchev–Trinajstić information content (AvgIpc) is 2.73. The van der Waals surface area contributed by atoms with E-state index in [0.29, 0.717) is 5.76 Å². The highest BCUT2D eigenvalue weighted by molar-refractivity contribution is 9.09. The fourth-order valence-electron chi connectivity index (χ4n) is 2.26. The highest BCUT2D eigenvalue weighted by atomic mass is 79.9. The predicted octanol–water partition coefficient (Wildman–Crippen LogP) is 5.70. The maximum atomic E-state index is 12.2. The van der Waals surface area contributed by atoms with Crippen molar-refractivity contribution in [2.24, 2.45) is 5.41 Å². The van der Waals surface area contributed by atoms with E-state index in [1.165, 1.54) is 5.57 Å². The molecule has 4 heteroatoms. The van der Waals surface area contributed by atoms with Crippen molar-refractivity contribution in [1.29, 1.82) is 0 Å². The number of alkyl halides is 1. The fraction of sp³-hybridized carbons (Fsp3) is 0.650. The van der Waals surface area contributed by atoms with Crippen LogP contribution in [-0.2, 0) is 14.3 Å². The van der Waals surface area contributed by atoms with E-state index >= 15 is 0 Å². The zero-order valence-corrected chi connectivity index (χ0v) is 17.6. The Morgan fingerprint density at radius 3 is 2.50 bits per heavy atom. The number of hydrogen-bond acceptors (Lipinski definition) is 3. The molecule has 1 rings (SSSR count). The number of ether oxygens (including phenoxy) is 2. The number of halogens is 1. The molecular formula is C20H31BrO3. The van der Waals surface area contributed by atoms with Crippen LogP contribution in [0.3, 0.4) is 0 Å². The summed E-state index contributed by atoms with van der Waals surface area (Å²) in [4.78, 5) is 12.2. The van der Waals surface area contributed by atoms with E-state index in [2.05, 4.69) is 41.9 Å². The first-order valence-electron chi connectivity index (χ1n) is 8.48. The zero-order chi connectivity index (χ0) is 18.5. The third kappa shape index (κ3) is 6.21. The van der Waals surface area contributed by atoms with Gasteiger partial charge in [-0.3, -0.25) is 4.79 Å². The lowest BCUT2D eigenvalue weighted by molar-refractivity contribution is -0.151. The summed E-state index contributed by atoms with van der Waals surface area (Å²) >= 11 is 3.42. The van der Waals surface area contributed by atoms with Crippen LogP contribution in [0, 0.1) is 5.41 Å². The summed E-state index contributed by atoms with van der Waals surface area (Å²) in [6, 6.07) is 0. The highest BCUT2D eigenvalue weighted by Crippen LogP contribution is 2.35. The number of allylic oxidation sites excluding steroid dienone is 3. The fourth-order valence-corrected chi connectivity index (χ4v) is 2.81. The average molecular weight is 399 g/mol. The van der Waals surface area contributed by atoms with Gasteiger partial charge in [-0.15, -0.1) is 0 Å². The third-order valence-electron chi connectivity index (χ3n) is 4.01. The van der Waals surface area contributed by atoms with Crippen LogP contribution in [0.4, 0.5) is 0 Å². The smallest absolute Gasteiger partial charge is 0.316 e. The molecule has 0 aliphatic carbocycles. The second-order valence-electron chi connectivity index (χ2n) is 7.91. The Labute approximate surface area is 155 Å². The first-order chi connectivity index (χ1) is 11.0. The van der Waals surface area contributed by atoms with Gasteiger partial charge in [0.1, 0.15) is 17.5 Å². The van der Waals surface area contributed by atoms with Gasteiger partial charge in [-0.2, -0.15) is 0 Å². The molecule has 1 aliphatic heterocycles.